The third-order valence-corrected chi connectivity index (χ3v) is 5.96. The van der Waals surface area contributed by atoms with E-state index in [1.54, 1.807) is 11.3 Å². The third kappa shape index (κ3) is 5.27. The Balaban J connectivity index is 0.00000225. The highest BCUT2D eigenvalue weighted by atomic mass is 35.5. The summed E-state index contributed by atoms with van der Waals surface area (Å²) in [6, 6.07) is 10.2. The monoisotopic (exact) mass is 379 g/mol. The zero-order valence-electron chi connectivity index (χ0n) is 14.7. The number of benzene rings is 1. The molecule has 1 fully saturated rings. The maximum atomic E-state index is 12.2. The largest absolute Gasteiger partial charge is 0.349 e. The van der Waals surface area contributed by atoms with Gasteiger partial charge in [0.2, 0.25) is 5.91 Å². The van der Waals surface area contributed by atoms with Crippen molar-refractivity contribution < 1.29 is 4.79 Å². The molecule has 2 N–H and O–H groups in total. The second kappa shape index (κ2) is 9.32. The van der Waals surface area contributed by atoms with E-state index in [9.17, 15) is 4.79 Å². The van der Waals surface area contributed by atoms with Crippen LogP contribution >= 0.6 is 23.7 Å². The number of carbonyl (C=O) groups is 1. The first-order valence-electron chi connectivity index (χ1n) is 8.66. The molecule has 0 aliphatic carbocycles. The summed E-state index contributed by atoms with van der Waals surface area (Å²) in [5.74, 6) is 0.796. The van der Waals surface area contributed by atoms with Crippen molar-refractivity contribution in [1.29, 1.82) is 0 Å². The van der Waals surface area contributed by atoms with Crippen LogP contribution in [0, 0.1) is 12.8 Å². The summed E-state index contributed by atoms with van der Waals surface area (Å²) in [6.45, 7) is 6.21. The van der Waals surface area contributed by atoms with Crippen molar-refractivity contribution in [3.63, 3.8) is 0 Å². The minimum absolute atomic E-state index is 0. The first-order chi connectivity index (χ1) is 11.6. The number of thiazole rings is 1. The Morgan fingerprint density at radius 2 is 2.16 bits per heavy atom. The second-order valence-electron chi connectivity index (χ2n) is 6.52. The van der Waals surface area contributed by atoms with Crippen molar-refractivity contribution in [1.82, 2.24) is 15.6 Å². The number of halogens is 1. The maximum absolute atomic E-state index is 12.2. The molecule has 0 radical (unpaired) electrons. The van der Waals surface area contributed by atoms with Crippen molar-refractivity contribution in [2.45, 2.75) is 39.2 Å². The SMILES string of the molecule is Cc1nc(-c2ccccc2)sc1C(C)NC(=O)CCC1CCNC1.Cl. The number of rotatable bonds is 6. The molecule has 1 aliphatic heterocycles. The van der Waals surface area contributed by atoms with Crippen LogP contribution in [-0.4, -0.2) is 24.0 Å². The normalized spacial score (nSPS) is 17.8. The summed E-state index contributed by atoms with van der Waals surface area (Å²) in [5.41, 5.74) is 2.13. The van der Waals surface area contributed by atoms with Crippen LogP contribution in [0.4, 0.5) is 0 Å². The lowest BCUT2D eigenvalue weighted by Gasteiger charge is -2.14. The predicted molar refractivity (Wildman–Crippen MR) is 106 cm³/mol. The Kier molecular flexibility index (Phi) is 7.41. The lowest BCUT2D eigenvalue weighted by Crippen LogP contribution is -2.27. The average molecular weight is 380 g/mol. The van der Waals surface area contributed by atoms with Gasteiger partial charge in [-0.15, -0.1) is 23.7 Å². The Bertz CT molecular complexity index is 683. The Morgan fingerprint density at radius 1 is 1.40 bits per heavy atom. The summed E-state index contributed by atoms with van der Waals surface area (Å²) in [6.07, 6.45) is 2.78. The van der Waals surface area contributed by atoms with Gasteiger partial charge in [-0.1, -0.05) is 30.3 Å². The molecule has 6 heteroatoms. The van der Waals surface area contributed by atoms with Gasteiger partial charge in [0.15, 0.2) is 0 Å². The van der Waals surface area contributed by atoms with Crippen LogP contribution in [0.1, 0.15) is 42.8 Å². The Hall–Kier alpha value is -1.43. The van der Waals surface area contributed by atoms with E-state index in [0.29, 0.717) is 12.3 Å². The highest BCUT2D eigenvalue weighted by Crippen LogP contribution is 2.31. The fourth-order valence-corrected chi connectivity index (χ4v) is 4.26. The lowest BCUT2D eigenvalue weighted by atomic mass is 10.0. The van der Waals surface area contributed by atoms with E-state index in [0.717, 1.165) is 40.7 Å². The van der Waals surface area contributed by atoms with Crippen LogP contribution in [0.3, 0.4) is 0 Å². The van der Waals surface area contributed by atoms with Crippen LogP contribution in [0.15, 0.2) is 30.3 Å². The van der Waals surface area contributed by atoms with Gasteiger partial charge in [-0.05, 0) is 45.7 Å². The predicted octanol–water partition coefficient (Wildman–Crippen LogP) is 4.11. The number of aromatic nitrogens is 1. The summed E-state index contributed by atoms with van der Waals surface area (Å²) >= 11 is 1.67. The molecule has 2 aromatic rings. The Labute approximate surface area is 159 Å². The summed E-state index contributed by atoms with van der Waals surface area (Å²) in [5, 5.41) is 7.50. The number of nitrogens with one attached hydrogen (secondary N) is 2. The van der Waals surface area contributed by atoms with Crippen LogP contribution < -0.4 is 10.6 Å². The van der Waals surface area contributed by atoms with Crippen LogP contribution in [0.25, 0.3) is 10.6 Å². The molecule has 0 spiro atoms. The van der Waals surface area contributed by atoms with E-state index in [1.165, 1.54) is 6.42 Å². The number of amides is 1. The van der Waals surface area contributed by atoms with Crippen LogP contribution in [0.2, 0.25) is 0 Å². The van der Waals surface area contributed by atoms with E-state index in [-0.39, 0.29) is 24.4 Å². The summed E-state index contributed by atoms with van der Waals surface area (Å²) in [4.78, 5) is 18.0. The number of nitrogens with zero attached hydrogens (tertiary/aromatic N) is 1. The van der Waals surface area contributed by atoms with Gasteiger partial charge in [0, 0.05) is 12.0 Å². The zero-order valence-corrected chi connectivity index (χ0v) is 16.4. The molecule has 0 saturated carbocycles. The number of hydrogen-bond donors (Lipinski definition) is 2. The number of hydrogen-bond acceptors (Lipinski definition) is 4. The van der Waals surface area contributed by atoms with Crippen molar-refractivity contribution in [2.75, 3.05) is 13.1 Å². The van der Waals surface area contributed by atoms with Crippen molar-refractivity contribution >= 4 is 29.7 Å². The zero-order chi connectivity index (χ0) is 16.9. The van der Waals surface area contributed by atoms with Gasteiger partial charge in [-0.3, -0.25) is 4.79 Å². The second-order valence-corrected chi connectivity index (χ2v) is 7.55. The number of aryl methyl sites for hydroxylation is 1. The first kappa shape index (κ1) is 19.9. The average Bonchev–Trinajstić information content (AvgIpc) is 3.23. The van der Waals surface area contributed by atoms with Gasteiger partial charge < -0.3 is 10.6 Å². The van der Waals surface area contributed by atoms with Crippen LogP contribution in [0.5, 0.6) is 0 Å². The highest BCUT2D eigenvalue weighted by Gasteiger charge is 2.19. The van der Waals surface area contributed by atoms with Gasteiger partial charge in [-0.2, -0.15) is 0 Å². The van der Waals surface area contributed by atoms with Gasteiger partial charge in [-0.25, -0.2) is 4.98 Å². The lowest BCUT2D eigenvalue weighted by molar-refractivity contribution is -0.122. The summed E-state index contributed by atoms with van der Waals surface area (Å²) < 4.78 is 0. The van der Waals surface area contributed by atoms with E-state index in [1.807, 2.05) is 32.0 Å². The molecule has 1 aromatic carbocycles. The first-order valence-corrected chi connectivity index (χ1v) is 9.48. The van der Waals surface area contributed by atoms with Gasteiger partial charge in [0.25, 0.3) is 0 Å². The smallest absolute Gasteiger partial charge is 0.220 e. The standard InChI is InChI=1S/C19H25N3OS.ClH/c1-13(21-17(23)9-8-15-10-11-20-12-15)18-14(2)22-19(24-18)16-6-4-3-5-7-16;/h3-7,13,15,20H,8-12H2,1-2H3,(H,21,23);1H. The molecule has 3 rings (SSSR count). The molecule has 0 bridgehead atoms. The summed E-state index contributed by atoms with van der Waals surface area (Å²) in [7, 11) is 0. The maximum Gasteiger partial charge on any atom is 0.220 e. The van der Waals surface area contributed by atoms with Gasteiger partial charge in [0.1, 0.15) is 5.01 Å². The topological polar surface area (TPSA) is 54.0 Å². The van der Waals surface area contributed by atoms with E-state index in [4.69, 9.17) is 0 Å². The van der Waals surface area contributed by atoms with Crippen molar-refractivity contribution in [3.05, 3.63) is 40.9 Å². The fourth-order valence-electron chi connectivity index (χ4n) is 3.19. The van der Waals surface area contributed by atoms with Crippen LogP contribution in [-0.2, 0) is 4.79 Å². The van der Waals surface area contributed by atoms with Crippen molar-refractivity contribution in [3.8, 4) is 10.6 Å². The third-order valence-electron chi connectivity index (χ3n) is 4.57. The van der Waals surface area contributed by atoms with Gasteiger partial charge >= 0.3 is 0 Å². The molecule has 25 heavy (non-hydrogen) atoms. The van der Waals surface area contributed by atoms with E-state index in [2.05, 4.69) is 27.8 Å². The van der Waals surface area contributed by atoms with E-state index >= 15 is 0 Å². The molecule has 2 heterocycles. The minimum atomic E-state index is 0. The Morgan fingerprint density at radius 3 is 2.84 bits per heavy atom. The molecule has 136 valence electrons. The number of carbonyl (C=O) groups excluding carboxylic acids is 1. The molecular formula is C19H26ClN3OS. The van der Waals surface area contributed by atoms with E-state index < -0.39 is 0 Å². The molecule has 1 saturated heterocycles. The molecule has 2 atom stereocenters. The molecule has 1 aliphatic rings. The quantitative estimate of drug-likeness (QED) is 0.794. The molecule has 4 nitrogen and oxygen atoms in total. The molecule has 2 unspecified atom stereocenters. The molecular weight excluding hydrogens is 354 g/mol. The van der Waals surface area contributed by atoms with Gasteiger partial charge in [0.05, 0.1) is 16.6 Å². The van der Waals surface area contributed by atoms with Crippen molar-refractivity contribution in [2.24, 2.45) is 5.92 Å². The minimum Gasteiger partial charge on any atom is -0.349 e. The molecule has 1 amide bonds. The fraction of sp³-hybridized carbons (Fsp3) is 0.474. The molecule has 1 aromatic heterocycles. The highest BCUT2D eigenvalue weighted by molar-refractivity contribution is 7.15.